The van der Waals surface area contributed by atoms with Crippen molar-refractivity contribution in [1.82, 2.24) is 15.1 Å². The Morgan fingerprint density at radius 2 is 1.76 bits per heavy atom. The average molecular weight is 525 g/mol. The lowest BCUT2D eigenvalue weighted by Crippen LogP contribution is -2.63. The quantitative estimate of drug-likeness (QED) is 0.440. The molecular formula is C24H29BF5N5O2. The summed E-state index contributed by atoms with van der Waals surface area (Å²) in [4.78, 5) is 1.57. The Hall–Kier alpha value is -2.69. The highest BCUT2D eigenvalue weighted by Gasteiger charge is 2.53. The number of alkyl halides is 3. The highest BCUT2D eigenvalue weighted by Crippen LogP contribution is 2.39. The lowest BCUT2D eigenvalue weighted by atomic mass is 9.81. The standard InChI is InChI=1S/C24H29BF5N5O2/c1-15(24(28,29)30)32-10-16-8-19(27)20(9-18(16)26)34-13-23(14-34,6-7-31)35-12-17(11-33-35)25-36-21(2,3)22(4,5)37-25/h8-9,11-12,15,32H,6,10,13-14H2,1-5H3/t15-/m0/s1. The molecule has 13 heteroatoms. The highest BCUT2D eigenvalue weighted by atomic mass is 19.4. The number of benzene rings is 1. The van der Waals surface area contributed by atoms with E-state index in [1.54, 1.807) is 22.0 Å². The van der Waals surface area contributed by atoms with Gasteiger partial charge in [0.25, 0.3) is 0 Å². The maximum absolute atomic E-state index is 14.9. The van der Waals surface area contributed by atoms with Gasteiger partial charge in [0, 0.05) is 49.1 Å². The lowest BCUT2D eigenvalue weighted by Gasteiger charge is -2.50. The summed E-state index contributed by atoms with van der Waals surface area (Å²) in [5.74, 6) is -1.58. The van der Waals surface area contributed by atoms with Crippen molar-refractivity contribution in [3.63, 3.8) is 0 Å². The molecule has 2 aliphatic heterocycles. The highest BCUT2D eigenvalue weighted by molar-refractivity contribution is 6.62. The number of nitrogens with zero attached hydrogens (tertiary/aromatic N) is 4. The van der Waals surface area contributed by atoms with Crippen molar-refractivity contribution in [1.29, 1.82) is 5.26 Å². The van der Waals surface area contributed by atoms with E-state index in [0.29, 0.717) is 5.46 Å². The fourth-order valence-electron chi connectivity index (χ4n) is 4.35. The van der Waals surface area contributed by atoms with Crippen LogP contribution in [0.4, 0.5) is 27.6 Å². The molecule has 37 heavy (non-hydrogen) atoms. The largest absolute Gasteiger partial charge is 0.498 e. The predicted octanol–water partition coefficient (Wildman–Crippen LogP) is 3.63. The maximum atomic E-state index is 14.9. The van der Waals surface area contributed by atoms with Gasteiger partial charge in [-0.25, -0.2) is 8.78 Å². The van der Waals surface area contributed by atoms with Crippen molar-refractivity contribution in [2.45, 2.75) is 76.5 Å². The molecule has 2 fully saturated rings. The van der Waals surface area contributed by atoms with Crippen LogP contribution in [0, 0.1) is 23.0 Å². The molecule has 0 saturated carbocycles. The summed E-state index contributed by atoms with van der Waals surface area (Å²) < 4.78 is 81.4. The average Bonchev–Trinajstić information content (AvgIpc) is 3.32. The van der Waals surface area contributed by atoms with Crippen LogP contribution in [0.2, 0.25) is 0 Å². The van der Waals surface area contributed by atoms with Gasteiger partial charge in [0.1, 0.15) is 23.2 Å². The molecule has 0 bridgehead atoms. The van der Waals surface area contributed by atoms with Gasteiger partial charge < -0.3 is 19.5 Å². The van der Waals surface area contributed by atoms with E-state index in [2.05, 4.69) is 16.5 Å². The minimum absolute atomic E-state index is 0.0305. The van der Waals surface area contributed by atoms with Crippen molar-refractivity contribution in [3.05, 3.63) is 41.7 Å². The molecule has 0 amide bonds. The number of aromatic nitrogens is 2. The van der Waals surface area contributed by atoms with Gasteiger partial charge in [-0.05, 0) is 40.7 Å². The zero-order valence-electron chi connectivity index (χ0n) is 21.3. The van der Waals surface area contributed by atoms with Crippen LogP contribution < -0.4 is 15.7 Å². The summed E-state index contributed by atoms with van der Waals surface area (Å²) in [5, 5.41) is 16.0. The zero-order chi connectivity index (χ0) is 27.4. The second kappa shape index (κ2) is 9.25. The van der Waals surface area contributed by atoms with Crippen molar-refractivity contribution >= 4 is 18.3 Å². The minimum atomic E-state index is -4.49. The second-order valence-electron chi connectivity index (χ2n) is 10.8. The van der Waals surface area contributed by atoms with E-state index in [1.807, 2.05) is 27.7 Å². The van der Waals surface area contributed by atoms with E-state index in [-0.39, 0.29) is 30.8 Å². The molecule has 0 aliphatic carbocycles. The molecule has 7 nitrogen and oxygen atoms in total. The van der Waals surface area contributed by atoms with Crippen molar-refractivity contribution in [3.8, 4) is 6.07 Å². The van der Waals surface area contributed by atoms with E-state index in [0.717, 1.165) is 19.1 Å². The molecule has 0 unspecified atom stereocenters. The van der Waals surface area contributed by atoms with Gasteiger partial charge in [0.05, 0.1) is 29.4 Å². The van der Waals surface area contributed by atoms with Gasteiger partial charge >= 0.3 is 13.3 Å². The third kappa shape index (κ3) is 5.06. The molecule has 2 aromatic rings. The zero-order valence-corrected chi connectivity index (χ0v) is 21.3. The Kier molecular flexibility index (Phi) is 6.84. The Labute approximate surface area is 212 Å². The maximum Gasteiger partial charge on any atom is 0.498 e. The van der Waals surface area contributed by atoms with Crippen LogP contribution in [0.15, 0.2) is 24.5 Å². The first kappa shape index (κ1) is 27.4. The van der Waals surface area contributed by atoms with Crippen LogP contribution in [0.5, 0.6) is 0 Å². The Bertz CT molecular complexity index is 1190. The molecule has 200 valence electrons. The number of hydrogen-bond donors (Lipinski definition) is 1. The summed E-state index contributed by atoms with van der Waals surface area (Å²) in [6.07, 6.45) is -1.07. The molecule has 0 radical (unpaired) electrons. The Balaban J connectivity index is 1.48. The van der Waals surface area contributed by atoms with Crippen molar-refractivity contribution in [2.75, 3.05) is 18.0 Å². The fourth-order valence-corrected chi connectivity index (χ4v) is 4.35. The Morgan fingerprint density at radius 1 is 1.14 bits per heavy atom. The van der Waals surface area contributed by atoms with E-state index >= 15 is 0 Å². The molecule has 2 aliphatic rings. The first-order valence-electron chi connectivity index (χ1n) is 11.9. The molecule has 1 atom stereocenters. The first-order valence-corrected chi connectivity index (χ1v) is 11.9. The molecule has 1 aromatic carbocycles. The number of hydrogen-bond acceptors (Lipinski definition) is 6. The third-order valence-electron chi connectivity index (χ3n) is 7.54. The van der Waals surface area contributed by atoms with Crippen molar-refractivity contribution in [2.24, 2.45) is 0 Å². The normalized spacial score (nSPS) is 21.0. The predicted molar refractivity (Wildman–Crippen MR) is 127 cm³/mol. The number of rotatable bonds is 7. The summed E-state index contributed by atoms with van der Waals surface area (Å²) in [6.45, 7) is 8.54. The van der Waals surface area contributed by atoms with Gasteiger partial charge in [-0.2, -0.15) is 23.5 Å². The van der Waals surface area contributed by atoms with Gasteiger partial charge in [-0.3, -0.25) is 4.68 Å². The number of nitriles is 1. The van der Waals surface area contributed by atoms with Crippen LogP contribution in [0.3, 0.4) is 0 Å². The van der Waals surface area contributed by atoms with Crippen LogP contribution in [0.25, 0.3) is 0 Å². The van der Waals surface area contributed by atoms with Crippen LogP contribution >= 0.6 is 0 Å². The van der Waals surface area contributed by atoms with Gasteiger partial charge in [-0.1, -0.05) is 0 Å². The summed E-state index contributed by atoms with van der Waals surface area (Å²) >= 11 is 0. The lowest BCUT2D eigenvalue weighted by molar-refractivity contribution is -0.151. The van der Waals surface area contributed by atoms with E-state index in [9.17, 15) is 27.2 Å². The monoisotopic (exact) mass is 525 g/mol. The van der Waals surface area contributed by atoms with E-state index in [4.69, 9.17) is 9.31 Å². The van der Waals surface area contributed by atoms with Gasteiger partial charge in [0.15, 0.2) is 0 Å². The van der Waals surface area contributed by atoms with Gasteiger partial charge in [0.2, 0.25) is 0 Å². The first-order chi connectivity index (χ1) is 17.1. The van der Waals surface area contributed by atoms with Crippen LogP contribution in [0.1, 0.15) is 46.6 Å². The fraction of sp³-hybridized carbons (Fsp3) is 0.583. The van der Waals surface area contributed by atoms with E-state index in [1.165, 1.54) is 0 Å². The topological polar surface area (TPSA) is 75.3 Å². The molecule has 2 saturated heterocycles. The van der Waals surface area contributed by atoms with Crippen molar-refractivity contribution < 1.29 is 31.3 Å². The molecule has 3 heterocycles. The number of nitrogens with one attached hydrogen (secondary N) is 1. The SMILES string of the molecule is C[C@H](NCc1cc(F)c(N2CC(CC#N)(n3cc(B4OC(C)(C)C(C)(C)O4)cn3)C2)cc1F)C(F)(F)F. The Morgan fingerprint density at radius 3 is 2.32 bits per heavy atom. The number of anilines is 1. The van der Waals surface area contributed by atoms with Crippen LogP contribution in [-0.4, -0.2) is 53.4 Å². The second-order valence-corrected chi connectivity index (χ2v) is 10.8. The molecule has 1 N–H and O–H groups in total. The summed E-state index contributed by atoms with van der Waals surface area (Å²) in [7, 11) is -0.637. The minimum Gasteiger partial charge on any atom is -0.399 e. The van der Waals surface area contributed by atoms with E-state index < -0.39 is 54.3 Å². The number of halogens is 5. The molecule has 1 aromatic heterocycles. The molecule has 0 spiro atoms. The summed E-state index contributed by atoms with van der Waals surface area (Å²) in [6, 6.07) is 2.14. The molecular weight excluding hydrogens is 496 g/mol. The summed E-state index contributed by atoms with van der Waals surface area (Å²) in [5.41, 5.74) is -1.41. The van der Waals surface area contributed by atoms with Gasteiger partial charge in [-0.15, -0.1) is 0 Å². The smallest absolute Gasteiger partial charge is 0.399 e. The molecule has 4 rings (SSSR count). The third-order valence-corrected chi connectivity index (χ3v) is 7.54. The van der Waals surface area contributed by atoms with Crippen LogP contribution in [-0.2, 0) is 21.4 Å².